The minimum atomic E-state index is -1.37. The van der Waals surface area contributed by atoms with Crippen LogP contribution in [0.4, 0.5) is 5.69 Å². The van der Waals surface area contributed by atoms with Crippen molar-refractivity contribution in [2.45, 2.75) is 32.1 Å². The first-order chi connectivity index (χ1) is 24.3. The van der Waals surface area contributed by atoms with Crippen molar-refractivity contribution in [2.75, 3.05) is 69.9 Å². The Morgan fingerprint density at radius 1 is 0.920 bits per heavy atom. The van der Waals surface area contributed by atoms with Crippen molar-refractivity contribution in [1.29, 1.82) is 0 Å². The molecule has 2 fully saturated rings. The number of nitrogens with zero attached hydrogens (tertiary/aromatic N) is 2. The number of rotatable bonds is 17. The minimum Gasteiger partial charge on any atom is -0.545 e. The lowest BCUT2D eigenvalue weighted by atomic mass is 9.89. The van der Waals surface area contributed by atoms with Crippen molar-refractivity contribution in [3.05, 3.63) is 71.1 Å². The Labute approximate surface area is 295 Å². The summed E-state index contributed by atoms with van der Waals surface area (Å²) in [5, 5.41) is 26.2. The molecular formula is C38H42ClN3O8. The smallest absolute Gasteiger partial charge is 0.319 e. The number of fused-ring (bicyclic) bond motifs is 2. The topological polar surface area (TPSA) is 144 Å². The van der Waals surface area contributed by atoms with Gasteiger partial charge in [0.15, 0.2) is 19.0 Å². The van der Waals surface area contributed by atoms with Gasteiger partial charge in [0.1, 0.15) is 11.3 Å². The number of halogens is 1. The Kier molecular flexibility index (Phi) is 11.7. The van der Waals surface area contributed by atoms with Gasteiger partial charge >= 0.3 is 5.97 Å². The lowest BCUT2D eigenvalue weighted by molar-refractivity contribution is -0.254. The molecule has 0 bridgehead atoms. The quantitative estimate of drug-likeness (QED) is 0.0726. The fourth-order valence-electron chi connectivity index (χ4n) is 6.35. The van der Waals surface area contributed by atoms with Crippen LogP contribution >= 0.6 is 11.6 Å². The van der Waals surface area contributed by atoms with Gasteiger partial charge in [-0.05, 0) is 55.2 Å². The second-order valence-corrected chi connectivity index (χ2v) is 13.1. The van der Waals surface area contributed by atoms with Gasteiger partial charge in [-0.25, -0.2) is 4.58 Å². The van der Waals surface area contributed by atoms with Gasteiger partial charge in [-0.2, -0.15) is 0 Å². The lowest BCUT2D eigenvalue weighted by Crippen LogP contribution is -2.52. The summed E-state index contributed by atoms with van der Waals surface area (Å²) in [4.78, 5) is 39.4. The molecule has 6 rings (SSSR count). The number of nitrogens with one attached hydrogen (secondary N) is 1. The zero-order chi connectivity index (χ0) is 35.0. The lowest BCUT2D eigenvalue weighted by Gasteiger charge is -2.33. The highest BCUT2D eigenvalue weighted by molar-refractivity contribution is 6.17. The summed E-state index contributed by atoms with van der Waals surface area (Å²) in [6.45, 7) is 4.81. The summed E-state index contributed by atoms with van der Waals surface area (Å²) in [6, 6.07) is 15.9. The normalized spacial score (nSPS) is 15.6. The fourth-order valence-corrected chi connectivity index (χ4v) is 6.54. The maximum absolute atomic E-state index is 13.3. The molecule has 0 unspecified atom stereocenters. The number of amides is 1. The first-order valence-corrected chi connectivity index (χ1v) is 17.8. The first kappa shape index (κ1) is 35.4. The van der Waals surface area contributed by atoms with Crippen LogP contribution < -0.4 is 25.3 Å². The summed E-state index contributed by atoms with van der Waals surface area (Å²) in [6.07, 6.45) is 5.31. The molecule has 12 heteroatoms. The highest BCUT2D eigenvalue weighted by Crippen LogP contribution is 2.42. The Balaban J connectivity index is 1.24. The number of aliphatic carboxylic acids is 1. The van der Waals surface area contributed by atoms with Gasteiger partial charge < -0.3 is 39.1 Å². The van der Waals surface area contributed by atoms with Crippen molar-refractivity contribution in [3.8, 4) is 22.5 Å². The molecule has 50 heavy (non-hydrogen) atoms. The van der Waals surface area contributed by atoms with Gasteiger partial charge in [0.25, 0.3) is 5.91 Å². The molecule has 2 aromatic carbocycles. The monoisotopic (exact) mass is 703 g/mol. The van der Waals surface area contributed by atoms with Crippen molar-refractivity contribution < 1.29 is 38.5 Å². The van der Waals surface area contributed by atoms with Crippen LogP contribution in [0.3, 0.4) is 0 Å². The third kappa shape index (κ3) is 8.12. The van der Waals surface area contributed by atoms with Crippen LogP contribution in [0, 0.1) is 5.92 Å². The third-order valence-electron chi connectivity index (χ3n) is 9.35. The number of benzene rings is 3. The third-order valence-corrected chi connectivity index (χ3v) is 9.62. The summed E-state index contributed by atoms with van der Waals surface area (Å²) in [5.41, 5.74) is 3.39. The number of aromatic carboxylic acids is 1. The molecule has 2 saturated heterocycles. The molecule has 2 N–H and O–H groups in total. The van der Waals surface area contributed by atoms with Crippen LogP contribution in [-0.2, 0) is 14.3 Å². The summed E-state index contributed by atoms with van der Waals surface area (Å²) in [5.74, 6) is -1.79. The van der Waals surface area contributed by atoms with Gasteiger partial charge in [-0.15, -0.1) is 11.6 Å². The highest BCUT2D eigenvalue weighted by Gasteiger charge is 2.37. The molecule has 0 saturated carbocycles. The van der Waals surface area contributed by atoms with E-state index >= 15 is 0 Å². The zero-order valence-electron chi connectivity index (χ0n) is 28.0. The van der Waals surface area contributed by atoms with E-state index in [4.69, 9.17) is 25.5 Å². The predicted molar refractivity (Wildman–Crippen MR) is 189 cm³/mol. The number of carboxylic acids is 2. The van der Waals surface area contributed by atoms with Gasteiger partial charge in [0.2, 0.25) is 5.36 Å². The summed E-state index contributed by atoms with van der Waals surface area (Å²) < 4.78 is 19.6. The van der Waals surface area contributed by atoms with Crippen molar-refractivity contribution in [1.82, 2.24) is 9.89 Å². The van der Waals surface area contributed by atoms with E-state index in [1.165, 1.54) is 12.1 Å². The van der Waals surface area contributed by atoms with Gasteiger partial charge in [0, 0.05) is 77.6 Å². The first-order valence-electron chi connectivity index (χ1n) is 17.3. The number of unbranched alkanes of at least 4 members (excludes halogenated alkanes) is 3. The number of anilines is 1. The second-order valence-electron chi connectivity index (χ2n) is 12.8. The Morgan fingerprint density at radius 3 is 2.42 bits per heavy atom. The largest absolute Gasteiger partial charge is 0.545 e. The summed E-state index contributed by atoms with van der Waals surface area (Å²) >= 11 is 5.70. The van der Waals surface area contributed by atoms with Gasteiger partial charge in [0.05, 0.1) is 31.9 Å². The van der Waals surface area contributed by atoms with E-state index in [-0.39, 0.29) is 18.0 Å². The van der Waals surface area contributed by atoms with Crippen molar-refractivity contribution in [3.63, 3.8) is 0 Å². The molecule has 264 valence electrons. The van der Waals surface area contributed by atoms with Crippen LogP contribution in [0.5, 0.6) is 0 Å². The fraction of sp³-hybridized carbons (Fsp3) is 0.421. The standard InChI is InChI=1S/C38H42ClN3O8/c39-12-3-1-2-4-16-48-18-19-49-17-13-40-36(43)25-6-9-29(38(46)47)32(20-25)35-30-10-7-27(41-14-5-15-41)21-33(30)50-34-22-28(8-11-31(34)35)42-23-26(24-42)37(44)45/h6-11,20-22,26H,1-5,12-19,23-24H2,(H2-,40,43,44,45,46,47). The van der Waals surface area contributed by atoms with E-state index in [0.717, 1.165) is 56.2 Å². The molecule has 1 aliphatic carbocycles. The summed E-state index contributed by atoms with van der Waals surface area (Å²) in [7, 11) is 0. The molecule has 4 aliphatic rings. The molecule has 3 heterocycles. The number of carbonyl (C=O) groups excluding carboxylic acids is 2. The van der Waals surface area contributed by atoms with Crippen LogP contribution in [0.1, 0.15) is 52.8 Å². The molecule has 0 spiro atoms. The molecule has 0 radical (unpaired) electrons. The van der Waals surface area contributed by atoms with E-state index in [9.17, 15) is 24.6 Å². The molecule has 11 nitrogen and oxygen atoms in total. The van der Waals surface area contributed by atoms with Gasteiger partial charge in [-0.3, -0.25) is 9.59 Å². The maximum atomic E-state index is 13.3. The number of hydrogen-bond acceptors (Lipinski definition) is 8. The minimum absolute atomic E-state index is 0.0549. The Hall–Kier alpha value is -4.45. The van der Waals surface area contributed by atoms with Crippen LogP contribution in [0.15, 0.2) is 59.0 Å². The Bertz CT molecular complexity index is 1890. The van der Waals surface area contributed by atoms with E-state index in [2.05, 4.69) is 10.2 Å². The molecular weight excluding hydrogens is 662 g/mol. The SMILES string of the molecule is O=C(NCCOCCOCCCCCCCl)c1ccc(C(=O)[O-])c(-c2c3ccc(=[N+]4CC(C(=O)O)C4)cc-3oc3cc(N4CCC4)ccc23)c1. The number of alkyl halides is 1. The molecule has 1 amide bonds. The molecule has 0 aromatic heterocycles. The molecule has 3 aliphatic heterocycles. The predicted octanol–water partition coefficient (Wildman–Crippen LogP) is 3.83. The van der Waals surface area contributed by atoms with Crippen LogP contribution in [0.25, 0.3) is 33.4 Å². The van der Waals surface area contributed by atoms with E-state index in [1.807, 2.05) is 41.0 Å². The second kappa shape index (κ2) is 16.5. The van der Waals surface area contributed by atoms with Crippen molar-refractivity contribution >= 4 is 46.1 Å². The van der Waals surface area contributed by atoms with E-state index in [0.29, 0.717) is 84.4 Å². The van der Waals surface area contributed by atoms with Crippen LogP contribution in [0.2, 0.25) is 0 Å². The average molecular weight is 704 g/mol. The van der Waals surface area contributed by atoms with E-state index < -0.39 is 17.9 Å². The zero-order valence-corrected chi connectivity index (χ0v) is 28.7. The maximum Gasteiger partial charge on any atom is 0.319 e. The Morgan fingerprint density at radius 2 is 1.70 bits per heavy atom. The van der Waals surface area contributed by atoms with Crippen LogP contribution in [-0.4, -0.2) is 88.0 Å². The number of carboxylic acid groups (broad SMARTS) is 2. The van der Waals surface area contributed by atoms with Crippen molar-refractivity contribution in [2.24, 2.45) is 5.92 Å². The van der Waals surface area contributed by atoms with E-state index in [1.54, 1.807) is 6.07 Å². The number of hydrogen-bond donors (Lipinski definition) is 2. The number of carbonyl (C=O) groups is 3. The number of ether oxygens (including phenoxy) is 2. The average Bonchev–Trinajstić information content (AvgIpc) is 3.05. The molecule has 2 aromatic rings. The highest BCUT2D eigenvalue weighted by atomic mass is 35.5. The molecule has 0 atom stereocenters. The van der Waals surface area contributed by atoms with Gasteiger partial charge in [-0.1, -0.05) is 18.9 Å².